The van der Waals surface area contributed by atoms with Gasteiger partial charge in [-0.05, 0) is 73.8 Å². The largest absolute Gasteiger partial charge is 0.506 e. The predicted molar refractivity (Wildman–Crippen MR) is 121 cm³/mol. The minimum atomic E-state index is 0.154. The van der Waals surface area contributed by atoms with Crippen LogP contribution in [0, 0.1) is 0 Å². The van der Waals surface area contributed by atoms with Crippen LogP contribution >= 0.6 is 43.2 Å². The summed E-state index contributed by atoms with van der Waals surface area (Å²) in [7, 11) is 1.64. The maximum atomic E-state index is 9.88. The number of hydrogen-bond acceptors (Lipinski definition) is 5. The number of hydrogen-bond donors (Lipinski definition) is 1. The molecular weight excluding hydrogens is 506 g/mol. The maximum absolute atomic E-state index is 9.88. The summed E-state index contributed by atoms with van der Waals surface area (Å²) < 4.78 is 8.21. The van der Waals surface area contributed by atoms with E-state index >= 15 is 0 Å². The van der Waals surface area contributed by atoms with E-state index in [9.17, 15) is 5.11 Å². The Labute approximate surface area is 183 Å². The Hall–Kier alpha value is -2.16. The molecule has 0 saturated heterocycles. The molecule has 5 nitrogen and oxygen atoms in total. The molecule has 0 unspecified atom stereocenters. The van der Waals surface area contributed by atoms with Gasteiger partial charge in [0.25, 0.3) is 0 Å². The van der Waals surface area contributed by atoms with Crippen molar-refractivity contribution >= 4 is 49.4 Å². The predicted octanol–water partition coefficient (Wildman–Crippen LogP) is 5.42. The molecule has 144 valence electrons. The SMILES string of the molecule is C=CCN=c1scc(-c2ccc(OC)cc2)n1N=Cc1cc(Br)c(O)c(Br)c1. The average Bonchev–Trinajstić information content (AvgIpc) is 3.11. The van der Waals surface area contributed by atoms with Gasteiger partial charge >= 0.3 is 0 Å². The number of halogens is 2. The molecule has 3 rings (SSSR count). The van der Waals surface area contributed by atoms with Gasteiger partial charge in [0.15, 0.2) is 0 Å². The van der Waals surface area contributed by atoms with Crippen LogP contribution in [0.4, 0.5) is 0 Å². The Balaban J connectivity index is 2.06. The van der Waals surface area contributed by atoms with Gasteiger partial charge in [0, 0.05) is 10.9 Å². The molecule has 2 aromatic carbocycles. The van der Waals surface area contributed by atoms with Crippen molar-refractivity contribution in [1.29, 1.82) is 0 Å². The lowest BCUT2D eigenvalue weighted by molar-refractivity contribution is 0.415. The highest BCUT2D eigenvalue weighted by molar-refractivity contribution is 9.11. The van der Waals surface area contributed by atoms with E-state index in [0.29, 0.717) is 15.5 Å². The molecule has 0 aliphatic heterocycles. The van der Waals surface area contributed by atoms with Crippen molar-refractivity contribution in [2.75, 3.05) is 13.7 Å². The highest BCUT2D eigenvalue weighted by Crippen LogP contribution is 2.33. The fourth-order valence-electron chi connectivity index (χ4n) is 2.41. The summed E-state index contributed by atoms with van der Waals surface area (Å²) in [5, 5.41) is 16.5. The number of methoxy groups -OCH3 is 1. The molecule has 0 atom stereocenters. The fraction of sp³-hybridized carbons (Fsp3) is 0.100. The van der Waals surface area contributed by atoms with Crippen LogP contribution in [0.5, 0.6) is 11.5 Å². The summed E-state index contributed by atoms with van der Waals surface area (Å²) in [6.45, 7) is 4.23. The number of thiazole rings is 1. The number of rotatable bonds is 6. The molecule has 0 spiro atoms. The standard InChI is InChI=1S/C20H17Br2N3O2S/c1-3-8-23-20-25(24-11-13-9-16(21)19(26)17(22)10-13)18(12-28-20)14-4-6-15(27-2)7-5-14/h3-7,9-12,26H,1,8H2,2H3. The normalized spacial score (nSPS) is 11.9. The zero-order valence-electron chi connectivity index (χ0n) is 15.0. The molecule has 0 aliphatic rings. The summed E-state index contributed by atoms with van der Waals surface area (Å²) in [6, 6.07) is 11.4. The van der Waals surface area contributed by atoms with Crippen molar-refractivity contribution in [3.8, 4) is 22.8 Å². The first-order chi connectivity index (χ1) is 13.5. The quantitative estimate of drug-likeness (QED) is 0.347. The first-order valence-electron chi connectivity index (χ1n) is 8.22. The van der Waals surface area contributed by atoms with E-state index in [4.69, 9.17) is 4.74 Å². The van der Waals surface area contributed by atoms with Crippen molar-refractivity contribution < 1.29 is 9.84 Å². The minimum absolute atomic E-state index is 0.154. The van der Waals surface area contributed by atoms with Crippen molar-refractivity contribution in [2.24, 2.45) is 10.1 Å². The smallest absolute Gasteiger partial charge is 0.206 e. The number of phenols is 1. The first-order valence-corrected chi connectivity index (χ1v) is 10.7. The van der Waals surface area contributed by atoms with Crippen LogP contribution in [0.1, 0.15) is 5.56 Å². The number of ether oxygens (including phenoxy) is 1. The topological polar surface area (TPSA) is 59.1 Å². The molecule has 28 heavy (non-hydrogen) atoms. The Bertz CT molecular complexity index is 1060. The summed E-state index contributed by atoms with van der Waals surface area (Å²) in [5.41, 5.74) is 2.75. The number of benzene rings is 2. The fourth-order valence-corrected chi connectivity index (χ4v) is 4.48. The Morgan fingerprint density at radius 3 is 2.50 bits per heavy atom. The molecule has 8 heteroatoms. The minimum Gasteiger partial charge on any atom is -0.506 e. The Morgan fingerprint density at radius 1 is 1.21 bits per heavy atom. The van der Waals surface area contributed by atoms with Gasteiger partial charge in [-0.25, -0.2) is 4.68 Å². The Morgan fingerprint density at radius 2 is 1.89 bits per heavy atom. The molecule has 0 bridgehead atoms. The van der Waals surface area contributed by atoms with E-state index in [1.54, 1.807) is 36.2 Å². The first kappa shape index (κ1) is 20.6. The summed E-state index contributed by atoms with van der Waals surface area (Å²) in [6.07, 6.45) is 3.47. The number of aromatic hydroxyl groups is 1. The van der Waals surface area contributed by atoms with Crippen LogP contribution in [-0.2, 0) is 0 Å². The van der Waals surface area contributed by atoms with Crippen LogP contribution < -0.4 is 9.54 Å². The van der Waals surface area contributed by atoms with Crippen molar-refractivity contribution in [2.45, 2.75) is 0 Å². The van der Waals surface area contributed by atoms with Gasteiger partial charge in [0.2, 0.25) is 4.80 Å². The lowest BCUT2D eigenvalue weighted by Gasteiger charge is -2.06. The summed E-state index contributed by atoms with van der Waals surface area (Å²) in [5.74, 6) is 0.949. The van der Waals surface area contributed by atoms with Gasteiger partial charge < -0.3 is 9.84 Å². The van der Waals surface area contributed by atoms with Gasteiger partial charge in [-0.1, -0.05) is 6.08 Å². The number of phenolic OH excluding ortho intramolecular Hbond substituents is 1. The third-order valence-electron chi connectivity index (χ3n) is 3.79. The molecule has 0 amide bonds. The third-order valence-corrected chi connectivity index (χ3v) is 5.85. The van der Waals surface area contributed by atoms with Crippen LogP contribution in [0.2, 0.25) is 0 Å². The molecule has 0 radical (unpaired) electrons. The molecule has 0 fully saturated rings. The second kappa shape index (κ2) is 9.36. The highest BCUT2D eigenvalue weighted by atomic mass is 79.9. The van der Waals surface area contributed by atoms with Gasteiger partial charge in [-0.15, -0.1) is 17.9 Å². The van der Waals surface area contributed by atoms with Crippen molar-refractivity contribution in [3.63, 3.8) is 0 Å². The number of aromatic nitrogens is 1. The summed E-state index contributed by atoms with van der Waals surface area (Å²) in [4.78, 5) is 5.30. The van der Waals surface area contributed by atoms with E-state index < -0.39 is 0 Å². The van der Waals surface area contributed by atoms with Crippen LogP contribution in [0.15, 0.2) is 73.5 Å². The average molecular weight is 523 g/mol. The third kappa shape index (κ3) is 4.63. The lowest BCUT2D eigenvalue weighted by atomic mass is 10.2. The molecule has 1 N–H and O–H groups in total. The van der Waals surface area contributed by atoms with Crippen LogP contribution in [0.25, 0.3) is 11.3 Å². The van der Waals surface area contributed by atoms with E-state index in [-0.39, 0.29) is 5.75 Å². The van der Waals surface area contributed by atoms with Gasteiger partial charge in [0.05, 0.1) is 34.5 Å². The second-order valence-electron chi connectivity index (χ2n) is 5.65. The zero-order valence-corrected chi connectivity index (χ0v) is 19.0. The van der Waals surface area contributed by atoms with Gasteiger partial charge in [0.1, 0.15) is 11.5 Å². The molecule has 0 saturated carbocycles. The van der Waals surface area contributed by atoms with E-state index in [0.717, 1.165) is 27.4 Å². The van der Waals surface area contributed by atoms with Crippen LogP contribution in [0.3, 0.4) is 0 Å². The van der Waals surface area contributed by atoms with Gasteiger partial charge in [-0.3, -0.25) is 4.99 Å². The molecular formula is C20H17Br2N3O2S. The Kier molecular flexibility index (Phi) is 6.88. The molecule has 3 aromatic rings. The molecule has 0 aliphatic carbocycles. The highest BCUT2D eigenvalue weighted by Gasteiger charge is 2.09. The molecule has 1 aromatic heterocycles. The number of nitrogens with zero attached hydrogens (tertiary/aromatic N) is 3. The van der Waals surface area contributed by atoms with Gasteiger partial charge in [-0.2, -0.15) is 5.10 Å². The summed E-state index contributed by atoms with van der Waals surface area (Å²) >= 11 is 8.19. The van der Waals surface area contributed by atoms with E-state index in [1.165, 1.54) is 11.3 Å². The monoisotopic (exact) mass is 521 g/mol. The molecule has 1 heterocycles. The second-order valence-corrected chi connectivity index (χ2v) is 8.20. The van der Waals surface area contributed by atoms with E-state index in [2.05, 4.69) is 48.5 Å². The maximum Gasteiger partial charge on any atom is 0.206 e. The van der Waals surface area contributed by atoms with Crippen molar-refractivity contribution in [1.82, 2.24) is 4.68 Å². The zero-order chi connectivity index (χ0) is 20.1. The van der Waals surface area contributed by atoms with Crippen molar-refractivity contribution in [3.05, 3.63) is 73.7 Å². The van der Waals surface area contributed by atoms with E-state index in [1.807, 2.05) is 29.6 Å². The lowest BCUT2D eigenvalue weighted by Crippen LogP contribution is -2.12. The van der Waals surface area contributed by atoms with Crippen LogP contribution in [-0.4, -0.2) is 29.7 Å².